The van der Waals surface area contributed by atoms with Gasteiger partial charge in [0.05, 0.1) is 23.1 Å². The Bertz CT molecular complexity index is 1070. The number of hydrogen-bond donors (Lipinski definition) is 1. The summed E-state index contributed by atoms with van der Waals surface area (Å²) in [5.74, 6) is -0.750. The first-order chi connectivity index (χ1) is 16.5. The number of likely N-dealkylation sites (tertiary alicyclic amines) is 1. The van der Waals surface area contributed by atoms with Gasteiger partial charge in [-0.25, -0.2) is 14.4 Å². The van der Waals surface area contributed by atoms with Crippen LogP contribution in [0.3, 0.4) is 0 Å². The van der Waals surface area contributed by atoms with E-state index < -0.39 is 40.8 Å². The van der Waals surface area contributed by atoms with Crippen LogP contribution in [-0.2, 0) is 20.8 Å². The van der Waals surface area contributed by atoms with E-state index >= 15 is 0 Å². The number of nitrogens with one attached hydrogen (secondary N) is 1. The average Bonchev–Trinajstić information content (AvgIpc) is 3.19. The summed E-state index contributed by atoms with van der Waals surface area (Å²) in [4.78, 5) is 49.2. The van der Waals surface area contributed by atoms with Crippen molar-refractivity contribution in [1.82, 2.24) is 10.2 Å². The standard InChI is InChI=1S/C24H27N3O8/c1-24(2,3)35-23(30)26-13-19(25-22(29)33-15-16-7-5-4-6-8-16)20(14-26)34-21(28)17-9-11-18(12-10-17)27(31)32/h4-12,19-20H,13-15H2,1-3H3,(H,25,29). The van der Waals surface area contributed by atoms with E-state index in [0.29, 0.717) is 0 Å². The highest BCUT2D eigenvalue weighted by Crippen LogP contribution is 2.20. The van der Waals surface area contributed by atoms with Gasteiger partial charge in [0.1, 0.15) is 18.3 Å². The molecule has 1 N–H and O–H groups in total. The zero-order valence-electron chi connectivity index (χ0n) is 19.6. The Morgan fingerprint density at radius 3 is 2.31 bits per heavy atom. The summed E-state index contributed by atoms with van der Waals surface area (Å²) in [6.45, 7) is 5.24. The Hall–Kier alpha value is -4.15. The molecular formula is C24H27N3O8. The number of ether oxygens (including phenoxy) is 3. The number of carbonyl (C=O) groups excluding carboxylic acids is 3. The van der Waals surface area contributed by atoms with E-state index in [1.165, 1.54) is 29.2 Å². The second-order valence-corrected chi connectivity index (χ2v) is 8.95. The van der Waals surface area contributed by atoms with Crippen molar-refractivity contribution in [2.24, 2.45) is 0 Å². The number of nitrogens with zero attached hydrogens (tertiary/aromatic N) is 2. The van der Waals surface area contributed by atoms with Gasteiger partial charge in [0, 0.05) is 18.7 Å². The molecule has 1 heterocycles. The Kier molecular flexibility index (Phi) is 7.90. The van der Waals surface area contributed by atoms with Crippen molar-refractivity contribution in [3.05, 3.63) is 75.8 Å². The van der Waals surface area contributed by atoms with E-state index in [4.69, 9.17) is 14.2 Å². The molecule has 0 aromatic heterocycles. The number of nitro benzene ring substituents is 1. The molecule has 1 aliphatic rings. The molecular weight excluding hydrogens is 458 g/mol. The highest BCUT2D eigenvalue weighted by atomic mass is 16.6. The normalized spacial score (nSPS) is 17.4. The van der Waals surface area contributed by atoms with Crippen molar-refractivity contribution in [2.75, 3.05) is 13.1 Å². The van der Waals surface area contributed by atoms with Crippen LogP contribution in [0.1, 0.15) is 36.7 Å². The minimum atomic E-state index is -0.894. The summed E-state index contributed by atoms with van der Waals surface area (Å²) in [6.07, 6.45) is -2.24. The summed E-state index contributed by atoms with van der Waals surface area (Å²) in [5, 5.41) is 13.5. The maximum atomic E-state index is 12.7. The van der Waals surface area contributed by atoms with Crippen LogP contribution < -0.4 is 5.32 Å². The van der Waals surface area contributed by atoms with Crippen molar-refractivity contribution >= 4 is 23.8 Å². The number of hydrogen-bond acceptors (Lipinski definition) is 8. The zero-order valence-corrected chi connectivity index (χ0v) is 19.6. The summed E-state index contributed by atoms with van der Waals surface area (Å²) in [5.41, 5.74) is -0.0103. The minimum Gasteiger partial charge on any atom is -0.455 e. The maximum absolute atomic E-state index is 12.7. The summed E-state index contributed by atoms with van der Waals surface area (Å²) in [7, 11) is 0. The molecule has 0 aliphatic carbocycles. The lowest BCUT2D eigenvalue weighted by Gasteiger charge is -2.24. The molecule has 2 unspecified atom stereocenters. The highest BCUT2D eigenvalue weighted by molar-refractivity contribution is 5.90. The Balaban J connectivity index is 1.68. The number of benzene rings is 2. The predicted octanol–water partition coefficient (Wildman–Crippen LogP) is 3.67. The molecule has 0 saturated carbocycles. The molecule has 186 valence electrons. The lowest BCUT2D eigenvalue weighted by molar-refractivity contribution is -0.384. The Morgan fingerprint density at radius 2 is 1.71 bits per heavy atom. The molecule has 0 spiro atoms. The predicted molar refractivity (Wildman–Crippen MR) is 124 cm³/mol. The van der Waals surface area contributed by atoms with E-state index in [2.05, 4.69) is 5.32 Å². The molecule has 11 nitrogen and oxygen atoms in total. The van der Waals surface area contributed by atoms with Gasteiger partial charge in [-0.05, 0) is 38.5 Å². The molecule has 2 aromatic carbocycles. The lowest BCUT2D eigenvalue weighted by atomic mass is 10.2. The smallest absolute Gasteiger partial charge is 0.410 e. The molecule has 2 atom stereocenters. The van der Waals surface area contributed by atoms with E-state index in [1.807, 2.05) is 30.3 Å². The van der Waals surface area contributed by atoms with Crippen LogP contribution in [0, 0.1) is 10.1 Å². The van der Waals surface area contributed by atoms with E-state index in [1.54, 1.807) is 20.8 Å². The number of alkyl carbamates (subject to hydrolysis) is 1. The molecule has 1 fully saturated rings. The van der Waals surface area contributed by atoms with Crippen LogP contribution in [0.25, 0.3) is 0 Å². The van der Waals surface area contributed by atoms with E-state index in [-0.39, 0.29) is 30.9 Å². The number of rotatable bonds is 6. The zero-order chi connectivity index (χ0) is 25.6. The number of carbonyl (C=O) groups is 3. The maximum Gasteiger partial charge on any atom is 0.410 e. The minimum absolute atomic E-state index is 0.0166. The van der Waals surface area contributed by atoms with Gasteiger partial charge in [0.15, 0.2) is 0 Å². The van der Waals surface area contributed by atoms with Crippen LogP contribution >= 0.6 is 0 Å². The molecule has 35 heavy (non-hydrogen) atoms. The molecule has 0 radical (unpaired) electrons. The summed E-state index contributed by atoms with van der Waals surface area (Å²) < 4.78 is 16.2. The van der Waals surface area contributed by atoms with Gasteiger partial charge < -0.3 is 24.4 Å². The van der Waals surface area contributed by atoms with Crippen LogP contribution in [0.2, 0.25) is 0 Å². The number of non-ortho nitro benzene ring substituents is 1. The van der Waals surface area contributed by atoms with Crippen molar-refractivity contribution in [3.8, 4) is 0 Å². The Morgan fingerprint density at radius 1 is 1.06 bits per heavy atom. The van der Waals surface area contributed by atoms with Crippen molar-refractivity contribution < 1.29 is 33.5 Å². The van der Waals surface area contributed by atoms with Gasteiger partial charge in [-0.3, -0.25) is 10.1 Å². The molecule has 1 aliphatic heterocycles. The van der Waals surface area contributed by atoms with Crippen molar-refractivity contribution in [2.45, 2.75) is 45.1 Å². The van der Waals surface area contributed by atoms with Crippen molar-refractivity contribution in [3.63, 3.8) is 0 Å². The van der Waals surface area contributed by atoms with Crippen LogP contribution in [-0.4, -0.2) is 58.8 Å². The third kappa shape index (κ3) is 7.42. The topological polar surface area (TPSA) is 137 Å². The Labute approximate surface area is 202 Å². The fourth-order valence-electron chi connectivity index (χ4n) is 3.35. The second-order valence-electron chi connectivity index (χ2n) is 8.95. The molecule has 0 bridgehead atoms. The van der Waals surface area contributed by atoms with E-state index in [9.17, 15) is 24.5 Å². The quantitative estimate of drug-likeness (QED) is 0.283. The fourth-order valence-corrected chi connectivity index (χ4v) is 3.35. The molecule has 2 amide bonds. The van der Waals surface area contributed by atoms with Gasteiger partial charge in [0.25, 0.3) is 5.69 Å². The first-order valence-corrected chi connectivity index (χ1v) is 10.9. The van der Waals surface area contributed by atoms with E-state index in [0.717, 1.165) is 5.56 Å². The monoisotopic (exact) mass is 485 g/mol. The fraction of sp³-hybridized carbons (Fsp3) is 0.375. The number of nitro groups is 1. The van der Waals surface area contributed by atoms with Crippen LogP contribution in [0.15, 0.2) is 54.6 Å². The summed E-state index contributed by atoms with van der Waals surface area (Å²) in [6, 6.07) is 13.3. The molecule has 2 aromatic rings. The van der Waals surface area contributed by atoms with Gasteiger partial charge in [-0.1, -0.05) is 30.3 Å². The number of esters is 1. The SMILES string of the molecule is CC(C)(C)OC(=O)N1CC(NC(=O)OCc2ccccc2)C(OC(=O)c2ccc([N+](=O)[O-])cc2)C1. The molecule has 11 heteroatoms. The largest absolute Gasteiger partial charge is 0.455 e. The average molecular weight is 485 g/mol. The van der Waals surface area contributed by atoms with Gasteiger partial charge in [0.2, 0.25) is 0 Å². The van der Waals surface area contributed by atoms with Gasteiger partial charge in [-0.15, -0.1) is 0 Å². The third-order valence-electron chi connectivity index (χ3n) is 5.01. The first kappa shape index (κ1) is 25.5. The molecule has 1 saturated heterocycles. The van der Waals surface area contributed by atoms with Gasteiger partial charge >= 0.3 is 18.2 Å². The summed E-state index contributed by atoms with van der Waals surface area (Å²) >= 11 is 0. The van der Waals surface area contributed by atoms with Crippen LogP contribution in [0.4, 0.5) is 15.3 Å². The first-order valence-electron chi connectivity index (χ1n) is 10.9. The highest BCUT2D eigenvalue weighted by Gasteiger charge is 2.40. The van der Waals surface area contributed by atoms with Crippen molar-refractivity contribution in [1.29, 1.82) is 0 Å². The third-order valence-corrected chi connectivity index (χ3v) is 5.01. The number of amides is 2. The van der Waals surface area contributed by atoms with Gasteiger partial charge in [-0.2, -0.15) is 0 Å². The lowest BCUT2D eigenvalue weighted by Crippen LogP contribution is -2.45. The molecule has 3 rings (SSSR count). The van der Waals surface area contributed by atoms with Crippen LogP contribution in [0.5, 0.6) is 0 Å². The second kappa shape index (κ2) is 10.9.